The van der Waals surface area contributed by atoms with Gasteiger partial charge in [0.1, 0.15) is 0 Å². The number of nitrogens with zero attached hydrogens (tertiary/aromatic N) is 1. The van der Waals surface area contributed by atoms with Crippen LogP contribution in [0.4, 0.5) is 13.2 Å². The lowest BCUT2D eigenvalue weighted by Crippen LogP contribution is -2.31. The molecule has 0 saturated heterocycles. The number of carbonyl (C=O) groups excluding carboxylic acids is 2. The highest BCUT2D eigenvalue weighted by Gasteiger charge is 2.30. The van der Waals surface area contributed by atoms with Crippen molar-refractivity contribution in [1.29, 1.82) is 0 Å². The van der Waals surface area contributed by atoms with E-state index in [0.29, 0.717) is 38.0 Å². The third-order valence-electron chi connectivity index (χ3n) is 3.62. The van der Waals surface area contributed by atoms with Crippen LogP contribution >= 0.6 is 0 Å². The monoisotopic (exact) mass is 356 g/mol. The summed E-state index contributed by atoms with van der Waals surface area (Å²) in [6, 6.07) is 4.73. The van der Waals surface area contributed by atoms with E-state index in [-0.39, 0.29) is 5.91 Å². The highest BCUT2D eigenvalue weighted by Crippen LogP contribution is 2.29. The fourth-order valence-electron chi connectivity index (χ4n) is 2.24. The fourth-order valence-corrected chi connectivity index (χ4v) is 2.24. The van der Waals surface area contributed by atoms with Crippen molar-refractivity contribution in [2.24, 2.45) is 0 Å². The Kier molecular flexibility index (Phi) is 8.18. The molecule has 0 atom stereocenters. The Morgan fingerprint density at radius 2 is 1.88 bits per heavy atom. The molecule has 0 heterocycles. The third kappa shape index (κ3) is 7.41. The first-order valence-corrected chi connectivity index (χ1v) is 8.18. The van der Waals surface area contributed by atoms with Gasteiger partial charge in [-0.2, -0.15) is 13.2 Å². The van der Waals surface area contributed by atoms with Gasteiger partial charge in [-0.15, -0.1) is 0 Å². The molecule has 0 radical (unpaired) electrons. The van der Waals surface area contributed by atoms with Crippen LogP contribution in [0.3, 0.4) is 0 Å². The molecule has 4 nitrogen and oxygen atoms in total. The van der Waals surface area contributed by atoms with Crippen LogP contribution in [0.5, 0.6) is 0 Å². The van der Waals surface area contributed by atoms with Crippen LogP contribution < -0.4 is 5.32 Å². The number of hydrogen-bond acceptors (Lipinski definition) is 2. The average Bonchev–Trinajstić information content (AvgIpc) is 2.57. The van der Waals surface area contributed by atoms with Gasteiger partial charge in [-0.1, -0.05) is 12.1 Å². The summed E-state index contributed by atoms with van der Waals surface area (Å²) in [6.07, 6.45) is -1.05. The zero-order valence-electron chi connectivity index (χ0n) is 14.4. The maximum absolute atomic E-state index is 12.6. The minimum absolute atomic E-state index is 0.0405. The Balaban J connectivity index is 2.42. The van der Waals surface area contributed by atoms with E-state index in [0.717, 1.165) is 12.1 Å². The molecule has 1 aromatic carbocycles. The summed E-state index contributed by atoms with van der Waals surface area (Å²) >= 11 is 0. The van der Waals surface area contributed by atoms with E-state index in [9.17, 15) is 22.8 Å². The molecule has 0 fully saturated rings. The second-order valence-electron chi connectivity index (χ2n) is 5.42. The van der Waals surface area contributed by atoms with E-state index in [1.54, 1.807) is 4.90 Å². The lowest BCUT2D eigenvalue weighted by atomic mass is 10.1. The summed E-state index contributed by atoms with van der Waals surface area (Å²) in [5, 5.41) is 2.61. The zero-order valence-corrected chi connectivity index (χ0v) is 14.4. The Morgan fingerprint density at radius 3 is 2.48 bits per heavy atom. The number of amides is 2. The van der Waals surface area contributed by atoms with Crippen LogP contribution in [0.1, 0.15) is 37.8 Å². The van der Waals surface area contributed by atoms with Crippen molar-refractivity contribution in [3.63, 3.8) is 0 Å². The number of nitrogens with one attached hydrogen (secondary N) is 1. The van der Waals surface area contributed by atoms with Crippen LogP contribution in [-0.4, -0.2) is 36.3 Å². The summed E-state index contributed by atoms with van der Waals surface area (Å²) in [4.78, 5) is 25.2. The fraction of sp³-hybridized carbons (Fsp3) is 0.444. The number of carbonyl (C=O) groups is 2. The standard InChI is InChI=1S/C18H23F3N2O2/c1-3-23(4-2)17(25)9-6-12-22-16(24)11-10-14-7-5-8-15(13-14)18(19,20)21/h5,7-8,10-11,13H,3-4,6,9,12H2,1-2H3,(H,22,24). The smallest absolute Gasteiger partial charge is 0.353 e. The highest BCUT2D eigenvalue weighted by atomic mass is 19.4. The van der Waals surface area contributed by atoms with Crippen molar-refractivity contribution in [3.8, 4) is 0 Å². The number of halogens is 3. The summed E-state index contributed by atoms with van der Waals surface area (Å²) in [7, 11) is 0. The molecule has 2 amide bonds. The molecule has 25 heavy (non-hydrogen) atoms. The molecule has 1 rings (SSSR count). The van der Waals surface area contributed by atoms with Gasteiger partial charge in [-0.05, 0) is 44.0 Å². The number of alkyl halides is 3. The van der Waals surface area contributed by atoms with E-state index >= 15 is 0 Å². The Hall–Kier alpha value is -2.31. The largest absolute Gasteiger partial charge is 0.416 e. The average molecular weight is 356 g/mol. The second kappa shape index (κ2) is 9.86. The predicted molar refractivity (Wildman–Crippen MR) is 90.6 cm³/mol. The van der Waals surface area contributed by atoms with E-state index in [1.807, 2.05) is 13.8 Å². The molecule has 138 valence electrons. The molecular formula is C18H23F3N2O2. The van der Waals surface area contributed by atoms with E-state index in [1.165, 1.54) is 24.3 Å². The molecule has 0 aliphatic carbocycles. The summed E-state index contributed by atoms with van der Waals surface area (Å²) in [5.74, 6) is -0.369. The Labute approximate surface area is 145 Å². The maximum atomic E-state index is 12.6. The van der Waals surface area contributed by atoms with Gasteiger partial charge in [0.05, 0.1) is 5.56 Å². The third-order valence-corrected chi connectivity index (χ3v) is 3.62. The minimum Gasteiger partial charge on any atom is -0.353 e. The molecule has 7 heteroatoms. The second-order valence-corrected chi connectivity index (χ2v) is 5.42. The molecule has 0 bridgehead atoms. The quantitative estimate of drug-likeness (QED) is 0.573. The van der Waals surface area contributed by atoms with Gasteiger partial charge in [0.2, 0.25) is 11.8 Å². The van der Waals surface area contributed by atoms with Gasteiger partial charge < -0.3 is 10.2 Å². The molecule has 0 aromatic heterocycles. The minimum atomic E-state index is -4.41. The van der Waals surface area contributed by atoms with Crippen LogP contribution in [0, 0.1) is 0 Å². The normalized spacial score (nSPS) is 11.6. The zero-order chi connectivity index (χ0) is 18.9. The Morgan fingerprint density at radius 1 is 1.20 bits per heavy atom. The van der Waals surface area contributed by atoms with Crippen LogP contribution in [-0.2, 0) is 15.8 Å². The van der Waals surface area contributed by atoms with Crippen molar-refractivity contribution in [3.05, 3.63) is 41.5 Å². The maximum Gasteiger partial charge on any atom is 0.416 e. The number of benzene rings is 1. The van der Waals surface area contributed by atoms with Crippen molar-refractivity contribution in [1.82, 2.24) is 10.2 Å². The topological polar surface area (TPSA) is 49.4 Å². The summed E-state index contributed by atoms with van der Waals surface area (Å²) < 4.78 is 37.8. The molecule has 0 unspecified atom stereocenters. The van der Waals surface area contributed by atoms with Gasteiger partial charge in [-0.25, -0.2) is 0 Å². The van der Waals surface area contributed by atoms with Gasteiger partial charge in [-0.3, -0.25) is 9.59 Å². The summed E-state index contributed by atoms with van der Waals surface area (Å²) in [5.41, 5.74) is -0.466. The lowest BCUT2D eigenvalue weighted by Gasteiger charge is -2.18. The SMILES string of the molecule is CCN(CC)C(=O)CCCNC(=O)C=Cc1cccc(C(F)(F)F)c1. The molecular weight excluding hydrogens is 333 g/mol. The van der Waals surface area contributed by atoms with Gasteiger partial charge in [0.15, 0.2) is 0 Å². The highest BCUT2D eigenvalue weighted by molar-refractivity contribution is 5.91. The first-order valence-electron chi connectivity index (χ1n) is 8.18. The van der Waals surface area contributed by atoms with Gasteiger partial charge in [0.25, 0.3) is 0 Å². The lowest BCUT2D eigenvalue weighted by molar-refractivity contribution is -0.137. The predicted octanol–water partition coefficient (Wildman–Crippen LogP) is 3.48. The van der Waals surface area contributed by atoms with Crippen molar-refractivity contribution in [2.45, 2.75) is 32.9 Å². The van der Waals surface area contributed by atoms with Crippen LogP contribution in [0.25, 0.3) is 6.08 Å². The van der Waals surface area contributed by atoms with Crippen molar-refractivity contribution < 1.29 is 22.8 Å². The first kappa shape index (κ1) is 20.7. The summed E-state index contributed by atoms with van der Waals surface area (Å²) in [6.45, 7) is 5.45. The molecule has 1 N–H and O–H groups in total. The van der Waals surface area contributed by atoms with Crippen molar-refractivity contribution >= 4 is 17.9 Å². The molecule has 1 aromatic rings. The van der Waals surface area contributed by atoms with E-state index in [2.05, 4.69) is 5.32 Å². The first-order chi connectivity index (χ1) is 11.8. The molecule has 0 saturated carbocycles. The van der Waals surface area contributed by atoms with Crippen LogP contribution in [0.2, 0.25) is 0 Å². The van der Waals surface area contributed by atoms with Gasteiger partial charge in [0, 0.05) is 32.1 Å². The molecule has 0 spiro atoms. The number of hydrogen-bond donors (Lipinski definition) is 1. The van der Waals surface area contributed by atoms with Crippen LogP contribution in [0.15, 0.2) is 30.3 Å². The van der Waals surface area contributed by atoms with Gasteiger partial charge >= 0.3 is 6.18 Å². The van der Waals surface area contributed by atoms with E-state index < -0.39 is 17.6 Å². The molecule has 0 aliphatic heterocycles. The number of rotatable bonds is 8. The molecule has 0 aliphatic rings. The Bertz CT molecular complexity index is 609. The van der Waals surface area contributed by atoms with Crippen molar-refractivity contribution in [2.75, 3.05) is 19.6 Å². The van der Waals surface area contributed by atoms with E-state index in [4.69, 9.17) is 0 Å².